The van der Waals surface area contributed by atoms with Crippen LogP contribution in [0.5, 0.6) is 5.75 Å². The van der Waals surface area contributed by atoms with E-state index in [4.69, 9.17) is 16.3 Å². The Balaban J connectivity index is 1.20. The number of ether oxygens (including phenoxy) is 1. The van der Waals surface area contributed by atoms with Crippen LogP contribution in [0, 0.1) is 0 Å². The first-order valence-corrected chi connectivity index (χ1v) is 13.2. The molecule has 0 aliphatic carbocycles. The third-order valence-corrected chi connectivity index (χ3v) is 7.89. The van der Waals surface area contributed by atoms with E-state index in [-0.39, 0.29) is 18.4 Å². The largest absolute Gasteiger partial charge is 0.487 e. The molecule has 2 saturated heterocycles. The zero-order chi connectivity index (χ0) is 25.8. The number of benzene rings is 3. The molecule has 3 aromatic rings. The van der Waals surface area contributed by atoms with Crippen molar-refractivity contribution in [1.82, 2.24) is 15.1 Å². The van der Waals surface area contributed by atoms with Crippen molar-refractivity contribution in [3.63, 3.8) is 0 Å². The van der Waals surface area contributed by atoms with Gasteiger partial charge < -0.3 is 15.0 Å². The molecule has 0 radical (unpaired) electrons. The summed E-state index contributed by atoms with van der Waals surface area (Å²) in [5.41, 5.74) is 3.37. The Labute approximate surface area is 223 Å². The normalized spacial score (nSPS) is 19.7. The quantitative estimate of drug-likeness (QED) is 0.501. The molecule has 2 atom stereocenters. The lowest BCUT2D eigenvalue weighted by Crippen LogP contribution is -2.57. The number of carbonyl (C=O) groups excluding carboxylic acids is 2. The zero-order valence-electron chi connectivity index (χ0n) is 21.0. The van der Waals surface area contributed by atoms with Crippen LogP contribution in [0.3, 0.4) is 0 Å². The number of fused-ring (bicyclic) bond motifs is 1. The molecule has 2 aliphatic heterocycles. The van der Waals surface area contributed by atoms with E-state index >= 15 is 0 Å². The Morgan fingerprint density at radius 1 is 0.946 bits per heavy atom. The Hall–Kier alpha value is -3.35. The molecule has 0 unspecified atom stereocenters. The summed E-state index contributed by atoms with van der Waals surface area (Å²) in [7, 11) is 1.60. The number of hydrogen-bond donors (Lipinski definition) is 1. The van der Waals surface area contributed by atoms with Gasteiger partial charge in [-0.2, -0.15) is 0 Å². The minimum Gasteiger partial charge on any atom is -0.487 e. The van der Waals surface area contributed by atoms with Gasteiger partial charge in [0.2, 0.25) is 0 Å². The van der Waals surface area contributed by atoms with E-state index in [9.17, 15) is 9.59 Å². The van der Waals surface area contributed by atoms with Crippen molar-refractivity contribution in [3.05, 3.63) is 100 Å². The number of carbonyl (C=O) groups is 2. The van der Waals surface area contributed by atoms with Gasteiger partial charge in [0, 0.05) is 44.8 Å². The molecule has 0 aromatic heterocycles. The van der Waals surface area contributed by atoms with E-state index in [1.165, 1.54) is 5.56 Å². The van der Waals surface area contributed by atoms with Crippen molar-refractivity contribution < 1.29 is 14.3 Å². The van der Waals surface area contributed by atoms with Gasteiger partial charge in [-0.1, -0.05) is 60.1 Å². The number of nitrogens with one attached hydrogen (secondary N) is 1. The first kappa shape index (κ1) is 25.3. The fourth-order valence-electron chi connectivity index (χ4n) is 5.37. The average molecular weight is 518 g/mol. The highest BCUT2D eigenvalue weighted by Gasteiger charge is 2.35. The molecule has 2 heterocycles. The first-order valence-electron chi connectivity index (χ1n) is 12.8. The van der Waals surface area contributed by atoms with E-state index < -0.39 is 0 Å². The number of piperazine rings is 1. The molecule has 2 amide bonds. The van der Waals surface area contributed by atoms with Crippen molar-refractivity contribution in [2.24, 2.45) is 0 Å². The van der Waals surface area contributed by atoms with Gasteiger partial charge in [0.15, 0.2) is 0 Å². The van der Waals surface area contributed by atoms with Crippen LogP contribution in [0.25, 0.3) is 0 Å². The van der Waals surface area contributed by atoms with Gasteiger partial charge in [-0.25, -0.2) is 0 Å². The number of rotatable bonds is 6. The van der Waals surface area contributed by atoms with Crippen LogP contribution in [0.4, 0.5) is 0 Å². The molecule has 0 spiro atoms. The van der Waals surface area contributed by atoms with Gasteiger partial charge in [-0.15, -0.1) is 0 Å². The van der Waals surface area contributed by atoms with E-state index in [0.717, 1.165) is 38.0 Å². The molecule has 0 saturated carbocycles. The molecular weight excluding hydrogens is 486 g/mol. The average Bonchev–Trinajstić information content (AvgIpc) is 2.96. The standard InChI is InChI=1S/C30H32ClN3O3/c1-32-29(35)23-12-10-21(11-13-23)20-37-27-9-5-8-26(28(27)31)30(36)34-17-16-33-18-24(14-15-25(33)19-34)22-6-3-2-4-7-22/h2-13,24-25H,14-20H2,1H3,(H,32,35)/t24-,25+/m0/s1. The number of amides is 2. The van der Waals surface area contributed by atoms with Crippen LogP contribution >= 0.6 is 11.6 Å². The zero-order valence-corrected chi connectivity index (χ0v) is 21.8. The first-order chi connectivity index (χ1) is 18.0. The SMILES string of the molecule is CNC(=O)c1ccc(COc2cccc(C(=O)N3CCN4C[C@@H](c5ccccc5)CC[C@@H]4C3)c2Cl)cc1. The molecule has 192 valence electrons. The van der Waals surface area contributed by atoms with Crippen LogP contribution in [-0.2, 0) is 6.61 Å². The molecule has 37 heavy (non-hydrogen) atoms. The summed E-state index contributed by atoms with van der Waals surface area (Å²) in [6, 6.07) is 23.7. The number of halogens is 1. The second kappa shape index (κ2) is 11.4. The van der Waals surface area contributed by atoms with Gasteiger partial charge in [-0.3, -0.25) is 14.5 Å². The van der Waals surface area contributed by atoms with Gasteiger partial charge >= 0.3 is 0 Å². The summed E-state index contributed by atoms with van der Waals surface area (Å²) in [6.07, 6.45) is 2.22. The highest BCUT2D eigenvalue weighted by Crippen LogP contribution is 2.34. The third kappa shape index (κ3) is 5.65. The molecule has 2 aliphatic rings. The van der Waals surface area contributed by atoms with Gasteiger partial charge in [0.1, 0.15) is 12.4 Å². The van der Waals surface area contributed by atoms with Crippen molar-refractivity contribution in [2.45, 2.75) is 31.4 Å². The van der Waals surface area contributed by atoms with E-state index in [2.05, 4.69) is 40.5 Å². The Morgan fingerprint density at radius 3 is 2.49 bits per heavy atom. The summed E-state index contributed by atoms with van der Waals surface area (Å²) >= 11 is 6.66. The van der Waals surface area contributed by atoms with E-state index in [0.29, 0.717) is 40.4 Å². The van der Waals surface area contributed by atoms with Gasteiger partial charge in [0.25, 0.3) is 11.8 Å². The maximum absolute atomic E-state index is 13.5. The lowest BCUT2D eigenvalue weighted by Gasteiger charge is -2.46. The lowest BCUT2D eigenvalue weighted by molar-refractivity contribution is 0.0329. The van der Waals surface area contributed by atoms with Crippen LogP contribution in [0.15, 0.2) is 72.8 Å². The molecule has 6 nitrogen and oxygen atoms in total. The fourth-order valence-corrected chi connectivity index (χ4v) is 5.63. The predicted octanol–water partition coefficient (Wildman–Crippen LogP) is 4.98. The molecule has 1 N–H and O–H groups in total. The lowest BCUT2D eigenvalue weighted by atomic mass is 9.86. The summed E-state index contributed by atoms with van der Waals surface area (Å²) in [5.74, 6) is 0.856. The molecule has 7 heteroatoms. The minimum atomic E-state index is -0.133. The Morgan fingerprint density at radius 2 is 1.73 bits per heavy atom. The van der Waals surface area contributed by atoms with Crippen LogP contribution < -0.4 is 10.1 Å². The van der Waals surface area contributed by atoms with Crippen molar-refractivity contribution in [2.75, 3.05) is 33.2 Å². The second-order valence-electron chi connectivity index (χ2n) is 9.77. The molecule has 5 rings (SSSR count). The van der Waals surface area contributed by atoms with Crippen LogP contribution in [-0.4, -0.2) is 60.9 Å². The predicted molar refractivity (Wildman–Crippen MR) is 145 cm³/mol. The molecule has 0 bridgehead atoms. The number of piperidine rings is 1. The maximum Gasteiger partial charge on any atom is 0.255 e. The van der Waals surface area contributed by atoms with Crippen molar-refractivity contribution >= 4 is 23.4 Å². The molecule has 3 aromatic carbocycles. The van der Waals surface area contributed by atoms with Crippen LogP contribution in [0.2, 0.25) is 5.02 Å². The Bertz CT molecular complexity index is 1250. The second-order valence-corrected chi connectivity index (χ2v) is 10.1. The van der Waals surface area contributed by atoms with Crippen LogP contribution in [0.1, 0.15) is 50.6 Å². The highest BCUT2D eigenvalue weighted by molar-refractivity contribution is 6.35. The summed E-state index contributed by atoms with van der Waals surface area (Å²) in [4.78, 5) is 29.7. The van der Waals surface area contributed by atoms with Gasteiger partial charge in [0.05, 0.1) is 10.6 Å². The maximum atomic E-state index is 13.5. The summed E-state index contributed by atoms with van der Waals surface area (Å²) in [5, 5.41) is 2.95. The topological polar surface area (TPSA) is 61.9 Å². The van der Waals surface area contributed by atoms with Crippen molar-refractivity contribution in [3.8, 4) is 5.75 Å². The van der Waals surface area contributed by atoms with E-state index in [1.54, 1.807) is 31.3 Å². The minimum absolute atomic E-state index is 0.0461. The third-order valence-electron chi connectivity index (χ3n) is 7.50. The smallest absolute Gasteiger partial charge is 0.255 e. The highest BCUT2D eigenvalue weighted by atomic mass is 35.5. The summed E-state index contributed by atoms with van der Waals surface area (Å²) in [6.45, 7) is 3.62. The van der Waals surface area contributed by atoms with E-state index in [1.807, 2.05) is 23.1 Å². The number of hydrogen-bond acceptors (Lipinski definition) is 4. The van der Waals surface area contributed by atoms with Gasteiger partial charge in [-0.05, 0) is 54.2 Å². The number of nitrogens with zero attached hydrogens (tertiary/aromatic N) is 2. The molecular formula is C30H32ClN3O3. The fraction of sp³-hybridized carbons (Fsp3) is 0.333. The molecule has 2 fully saturated rings. The Kier molecular flexibility index (Phi) is 7.77. The monoisotopic (exact) mass is 517 g/mol. The summed E-state index contributed by atoms with van der Waals surface area (Å²) < 4.78 is 5.96. The van der Waals surface area contributed by atoms with Crippen molar-refractivity contribution in [1.29, 1.82) is 0 Å².